The molecule has 0 radical (unpaired) electrons. The quantitative estimate of drug-likeness (QED) is 0.330. The van der Waals surface area contributed by atoms with E-state index in [0.717, 1.165) is 4.31 Å². The number of likely N-dealkylation sites (tertiary alicyclic amines) is 1. The Morgan fingerprint density at radius 2 is 1.68 bits per heavy atom. The van der Waals surface area contributed by atoms with Crippen LogP contribution in [0.2, 0.25) is 0 Å². The second kappa shape index (κ2) is 9.40. The largest absolute Gasteiger partial charge is 0.507 e. The normalized spacial score (nSPS) is 21.1. The summed E-state index contributed by atoms with van der Waals surface area (Å²) in [6.07, 6.45) is 0. The van der Waals surface area contributed by atoms with Crippen molar-refractivity contribution in [3.05, 3.63) is 65.2 Å². The highest BCUT2D eigenvalue weighted by atomic mass is 32.2. The number of likely N-dealkylation sites (N-methyl/N-ethyl adjacent to an activating group) is 2. The Kier molecular flexibility index (Phi) is 6.74. The van der Waals surface area contributed by atoms with Crippen molar-refractivity contribution in [3.8, 4) is 0 Å². The fraction of sp³-hybridized carbons (Fsp3) is 0.346. The van der Waals surface area contributed by atoms with Crippen molar-refractivity contribution in [2.45, 2.75) is 17.4 Å². The van der Waals surface area contributed by atoms with Gasteiger partial charge < -0.3 is 19.8 Å². The van der Waals surface area contributed by atoms with Gasteiger partial charge in [0.15, 0.2) is 5.54 Å². The lowest BCUT2D eigenvalue weighted by atomic mass is 9.82. The maximum Gasteiger partial charge on any atom is 0.296 e. The van der Waals surface area contributed by atoms with Crippen LogP contribution < -0.4 is 4.90 Å². The number of fused-ring (bicyclic) bond motifs is 2. The fourth-order valence-corrected chi connectivity index (χ4v) is 5.89. The molecule has 1 spiro atoms. The first-order chi connectivity index (χ1) is 17.4. The third kappa shape index (κ3) is 3.85. The number of anilines is 1. The average molecular weight is 527 g/mol. The Hall–Kier alpha value is -3.54. The van der Waals surface area contributed by atoms with Gasteiger partial charge in [0.05, 0.1) is 16.2 Å². The summed E-state index contributed by atoms with van der Waals surface area (Å²) in [7, 11) is 2.52. The first-order valence-electron chi connectivity index (χ1n) is 11.8. The molecular weight excluding hydrogens is 496 g/mol. The first-order valence-corrected chi connectivity index (χ1v) is 13.2. The second-order valence-electron chi connectivity index (χ2n) is 9.41. The molecule has 2 aliphatic heterocycles. The maximum absolute atomic E-state index is 14.1. The number of rotatable bonds is 7. The number of ketones is 1. The Morgan fingerprint density at radius 3 is 2.30 bits per heavy atom. The number of aliphatic hydroxyl groups excluding tert-OH is 1. The van der Waals surface area contributed by atoms with Crippen LogP contribution in [-0.2, 0) is 29.9 Å². The van der Waals surface area contributed by atoms with E-state index in [1.807, 2.05) is 19.0 Å². The van der Waals surface area contributed by atoms with Crippen molar-refractivity contribution in [1.29, 1.82) is 0 Å². The molecule has 2 amide bonds. The smallest absolute Gasteiger partial charge is 0.296 e. The summed E-state index contributed by atoms with van der Waals surface area (Å²) < 4.78 is 26.5. The number of carbonyl (C=O) groups excluding carboxylic acids is 3. The highest BCUT2D eigenvalue weighted by Crippen LogP contribution is 2.53. The molecule has 0 bridgehead atoms. The molecule has 2 aromatic carbocycles. The average Bonchev–Trinajstić information content (AvgIpc) is 3.24. The molecule has 1 saturated heterocycles. The molecule has 4 rings (SSSR count). The van der Waals surface area contributed by atoms with E-state index >= 15 is 0 Å². The van der Waals surface area contributed by atoms with Crippen LogP contribution in [0.1, 0.15) is 18.1 Å². The number of nitrogens with zero attached hydrogens (tertiary/aromatic N) is 4. The van der Waals surface area contributed by atoms with Gasteiger partial charge in [-0.2, -0.15) is 0 Å². The third-order valence-corrected chi connectivity index (χ3v) is 8.59. The number of para-hydroxylation sites is 1. The molecule has 0 saturated carbocycles. The van der Waals surface area contributed by atoms with E-state index in [4.69, 9.17) is 0 Å². The molecule has 0 aromatic heterocycles. The molecule has 0 aliphatic carbocycles. The number of benzene rings is 2. The van der Waals surface area contributed by atoms with E-state index in [0.29, 0.717) is 17.8 Å². The van der Waals surface area contributed by atoms with E-state index < -0.39 is 38.9 Å². The van der Waals surface area contributed by atoms with Crippen molar-refractivity contribution >= 4 is 39.1 Å². The van der Waals surface area contributed by atoms with Crippen molar-refractivity contribution in [1.82, 2.24) is 14.1 Å². The van der Waals surface area contributed by atoms with Gasteiger partial charge in [-0.25, -0.2) is 12.7 Å². The predicted octanol–water partition coefficient (Wildman–Crippen LogP) is 1.44. The van der Waals surface area contributed by atoms with Crippen molar-refractivity contribution in [2.24, 2.45) is 0 Å². The highest BCUT2D eigenvalue weighted by molar-refractivity contribution is 7.89. The first kappa shape index (κ1) is 26.5. The van der Waals surface area contributed by atoms with Crippen LogP contribution in [0.25, 0.3) is 5.76 Å². The van der Waals surface area contributed by atoms with Gasteiger partial charge in [-0.15, -0.1) is 0 Å². The van der Waals surface area contributed by atoms with Gasteiger partial charge in [-0.3, -0.25) is 14.4 Å². The number of Topliss-reactive ketones (excluding diaryl/α,β-unsaturated/α-hetero) is 1. The lowest BCUT2D eigenvalue weighted by molar-refractivity contribution is -0.143. The molecule has 1 unspecified atom stereocenters. The van der Waals surface area contributed by atoms with Crippen LogP contribution in [0.4, 0.5) is 5.69 Å². The van der Waals surface area contributed by atoms with Gasteiger partial charge in [0, 0.05) is 44.9 Å². The zero-order chi connectivity index (χ0) is 27.3. The van der Waals surface area contributed by atoms with Gasteiger partial charge >= 0.3 is 0 Å². The van der Waals surface area contributed by atoms with Gasteiger partial charge in [0.1, 0.15) is 5.76 Å². The molecule has 2 aliphatic rings. The monoisotopic (exact) mass is 526 g/mol. The predicted molar refractivity (Wildman–Crippen MR) is 138 cm³/mol. The number of sulfonamides is 1. The molecule has 196 valence electrons. The third-order valence-electron chi connectivity index (χ3n) is 6.78. The Labute approximate surface area is 216 Å². The lowest BCUT2D eigenvalue weighted by Gasteiger charge is -2.35. The molecule has 11 heteroatoms. The number of hydrogen-bond donors (Lipinski definition) is 1. The minimum atomic E-state index is -3.85. The summed E-state index contributed by atoms with van der Waals surface area (Å²) in [5, 5.41) is 11.6. The Bertz CT molecular complexity index is 1430. The zero-order valence-corrected chi connectivity index (χ0v) is 22.2. The minimum absolute atomic E-state index is 0.00754. The highest BCUT2D eigenvalue weighted by Gasteiger charge is 2.66. The zero-order valence-electron chi connectivity index (χ0n) is 21.4. The van der Waals surface area contributed by atoms with Gasteiger partial charge in [0.25, 0.3) is 17.6 Å². The van der Waals surface area contributed by atoms with Crippen LogP contribution in [0.3, 0.4) is 0 Å². The van der Waals surface area contributed by atoms with E-state index in [-0.39, 0.29) is 29.1 Å². The summed E-state index contributed by atoms with van der Waals surface area (Å²) in [6, 6.07) is 12.4. The van der Waals surface area contributed by atoms with Crippen LogP contribution in [0.5, 0.6) is 0 Å². The molecule has 2 aromatic rings. The fourth-order valence-electron chi connectivity index (χ4n) is 4.94. The number of carbonyl (C=O) groups is 3. The van der Waals surface area contributed by atoms with Crippen LogP contribution in [0.15, 0.2) is 59.0 Å². The Balaban J connectivity index is 2.04. The summed E-state index contributed by atoms with van der Waals surface area (Å²) >= 11 is 0. The Morgan fingerprint density at radius 1 is 1.00 bits per heavy atom. The van der Waals surface area contributed by atoms with Gasteiger partial charge in [-0.05, 0) is 39.2 Å². The maximum atomic E-state index is 14.1. The summed E-state index contributed by atoms with van der Waals surface area (Å²) in [6.45, 7) is 2.50. The standard InChI is InChI=1S/C26H30N4O6S/c1-6-29-20-13-8-7-12-19(20)26(25(29)34)21(23(32)24(33)30(26)15-14-27(2)3)22(31)17-10-9-11-18(16-17)37(35,36)28(4)5/h7-13,16,31H,6,14-15H2,1-5H3/b22-21+. The second-order valence-corrected chi connectivity index (χ2v) is 11.6. The minimum Gasteiger partial charge on any atom is -0.507 e. The van der Waals surface area contributed by atoms with E-state index in [9.17, 15) is 27.9 Å². The number of amides is 2. The molecule has 2 heterocycles. The van der Waals surface area contributed by atoms with Gasteiger partial charge in [0.2, 0.25) is 10.0 Å². The van der Waals surface area contributed by atoms with E-state index in [1.165, 1.54) is 48.2 Å². The molecule has 10 nitrogen and oxygen atoms in total. The molecule has 37 heavy (non-hydrogen) atoms. The summed E-state index contributed by atoms with van der Waals surface area (Å²) in [5.74, 6) is -3.03. The van der Waals surface area contributed by atoms with Crippen LogP contribution >= 0.6 is 0 Å². The topological polar surface area (TPSA) is 119 Å². The molecule has 1 N–H and O–H groups in total. The van der Waals surface area contributed by atoms with E-state index in [2.05, 4.69) is 0 Å². The molecular formula is C26H30N4O6S. The number of hydrogen-bond acceptors (Lipinski definition) is 7. The molecule has 1 atom stereocenters. The van der Waals surface area contributed by atoms with Gasteiger partial charge in [-0.1, -0.05) is 30.3 Å². The summed E-state index contributed by atoms with van der Waals surface area (Å²) in [4.78, 5) is 45.6. The van der Waals surface area contributed by atoms with Crippen molar-refractivity contribution < 1.29 is 27.9 Å². The van der Waals surface area contributed by atoms with Crippen molar-refractivity contribution in [3.63, 3.8) is 0 Å². The SMILES string of the molecule is CCN1C(=O)C2(/C(=C(/O)c3cccc(S(=O)(=O)N(C)C)c3)C(=O)C(=O)N2CCN(C)C)c2ccccc21. The lowest BCUT2D eigenvalue weighted by Crippen LogP contribution is -2.53. The summed E-state index contributed by atoms with van der Waals surface area (Å²) in [5.41, 5.74) is -1.28. The van der Waals surface area contributed by atoms with Crippen LogP contribution in [0, 0.1) is 0 Å². The number of aliphatic hydroxyl groups is 1. The molecule has 1 fully saturated rings. The van der Waals surface area contributed by atoms with Crippen LogP contribution in [-0.4, -0.2) is 93.1 Å². The van der Waals surface area contributed by atoms with Crippen molar-refractivity contribution in [2.75, 3.05) is 52.7 Å². The van der Waals surface area contributed by atoms with E-state index in [1.54, 1.807) is 31.2 Å².